The van der Waals surface area contributed by atoms with E-state index in [2.05, 4.69) is 24.3 Å². The van der Waals surface area contributed by atoms with Crippen molar-refractivity contribution in [1.29, 1.82) is 0 Å². The molecule has 0 radical (unpaired) electrons. The Balaban J connectivity index is 0.924. The van der Waals surface area contributed by atoms with Gasteiger partial charge in [-0.25, -0.2) is 0 Å². The van der Waals surface area contributed by atoms with E-state index in [0.29, 0.717) is 0 Å². The normalized spacial score (nSPS) is 13.7. The van der Waals surface area contributed by atoms with Crippen molar-refractivity contribution < 1.29 is 37.2 Å². The zero-order chi connectivity index (χ0) is 43.7. The average Bonchev–Trinajstić information content (AvgIpc) is 3.81. The Hall–Kier alpha value is -8.10. The molecule has 0 atom stereocenters. The number of aromatic hydroxyl groups is 2. The van der Waals surface area contributed by atoms with Gasteiger partial charge in [0.05, 0.1) is 10.8 Å². The molecule has 0 saturated heterocycles. The largest absolute Gasteiger partial charge is 0.508 e. The highest BCUT2D eigenvalue weighted by Crippen LogP contribution is 2.58. The Morgan fingerprint density at radius 2 is 0.531 bits per heavy atom. The van der Waals surface area contributed by atoms with Gasteiger partial charge in [0.1, 0.15) is 23.0 Å². The van der Waals surface area contributed by atoms with Gasteiger partial charge in [-0.2, -0.15) is 17.6 Å². The molecule has 11 rings (SSSR count). The molecular weight excluding hydrogens is 813 g/mol. The minimum absolute atomic E-state index is 0.0670. The number of phenols is 2. The van der Waals surface area contributed by atoms with Gasteiger partial charge in [0, 0.05) is 0 Å². The summed E-state index contributed by atoms with van der Waals surface area (Å²) < 4.78 is 74.6. The van der Waals surface area contributed by atoms with Crippen LogP contribution in [0.2, 0.25) is 0 Å². The van der Waals surface area contributed by atoms with Crippen molar-refractivity contribution >= 4 is 0 Å². The molecule has 2 N–H and O–H groups in total. The van der Waals surface area contributed by atoms with Crippen LogP contribution >= 0.6 is 0 Å². The van der Waals surface area contributed by atoms with E-state index in [1.54, 1.807) is 48.5 Å². The third kappa shape index (κ3) is 5.61. The SMILES string of the molecule is Oc1ccc(C2(c3ccc(Oc4c(F)c(F)c(Oc5ccc(C6(c7ccc(O)cc7)c7ccccc7-c7ccccc76)cc5)c(F)c4F)cc3)c3ccccc3-c3ccccc32)cc1. The van der Waals surface area contributed by atoms with E-state index in [4.69, 9.17) is 9.47 Å². The second-order valence-corrected chi connectivity index (χ2v) is 15.9. The lowest BCUT2D eigenvalue weighted by molar-refractivity contribution is 0.330. The molecule has 0 bridgehead atoms. The Kier molecular flexibility index (Phi) is 8.96. The van der Waals surface area contributed by atoms with E-state index in [-0.39, 0.29) is 23.0 Å². The molecule has 9 aromatic rings. The van der Waals surface area contributed by atoms with E-state index < -0.39 is 45.6 Å². The third-order valence-electron chi connectivity index (χ3n) is 12.7. The topological polar surface area (TPSA) is 58.9 Å². The van der Waals surface area contributed by atoms with Crippen LogP contribution < -0.4 is 9.47 Å². The van der Waals surface area contributed by atoms with Gasteiger partial charge in [-0.05, 0) is 115 Å². The summed E-state index contributed by atoms with van der Waals surface area (Å²) in [5.74, 6) is -9.49. The number of ether oxygens (including phenoxy) is 2. The number of phenolic OH excluding ortho intramolecular Hbond substituents is 2. The number of halogens is 4. The molecule has 310 valence electrons. The van der Waals surface area contributed by atoms with Crippen LogP contribution in [0.4, 0.5) is 17.6 Å². The molecule has 0 amide bonds. The smallest absolute Gasteiger partial charge is 0.208 e. The van der Waals surface area contributed by atoms with Gasteiger partial charge >= 0.3 is 0 Å². The minimum Gasteiger partial charge on any atom is -0.508 e. The maximum Gasteiger partial charge on any atom is 0.208 e. The van der Waals surface area contributed by atoms with Crippen LogP contribution in [-0.2, 0) is 10.8 Å². The van der Waals surface area contributed by atoms with Gasteiger partial charge in [-0.3, -0.25) is 0 Å². The molecule has 0 aliphatic heterocycles. The van der Waals surface area contributed by atoms with Crippen LogP contribution in [0.3, 0.4) is 0 Å². The molecule has 8 heteroatoms. The van der Waals surface area contributed by atoms with Crippen molar-refractivity contribution in [3.63, 3.8) is 0 Å². The summed E-state index contributed by atoms with van der Waals surface area (Å²) in [6, 6.07) is 59.0. The minimum atomic E-state index is -1.76. The van der Waals surface area contributed by atoms with Crippen molar-refractivity contribution in [3.8, 4) is 56.8 Å². The summed E-state index contributed by atoms with van der Waals surface area (Å²) in [7, 11) is 0. The molecule has 2 aliphatic carbocycles. The fourth-order valence-corrected chi connectivity index (χ4v) is 10.0. The van der Waals surface area contributed by atoms with Crippen LogP contribution in [0.25, 0.3) is 22.3 Å². The molecule has 9 aromatic carbocycles. The highest BCUT2D eigenvalue weighted by atomic mass is 19.2. The van der Waals surface area contributed by atoms with Crippen LogP contribution in [0, 0.1) is 23.3 Å². The number of hydrogen-bond acceptors (Lipinski definition) is 4. The zero-order valence-electron chi connectivity index (χ0n) is 33.7. The Morgan fingerprint density at radius 1 is 0.297 bits per heavy atom. The van der Waals surface area contributed by atoms with Crippen LogP contribution in [0.15, 0.2) is 194 Å². The Bertz CT molecular complexity index is 2930. The summed E-state index contributed by atoms with van der Waals surface area (Å²) in [6.45, 7) is 0. The lowest BCUT2D eigenvalue weighted by Gasteiger charge is -2.34. The lowest BCUT2D eigenvalue weighted by Crippen LogP contribution is -2.28. The second-order valence-electron chi connectivity index (χ2n) is 15.9. The van der Waals surface area contributed by atoms with Gasteiger partial charge in [0.2, 0.25) is 34.8 Å². The van der Waals surface area contributed by atoms with Gasteiger partial charge in [0.15, 0.2) is 0 Å². The molecular formula is C56H34F4O4. The van der Waals surface area contributed by atoms with Crippen LogP contribution in [0.1, 0.15) is 44.5 Å². The van der Waals surface area contributed by atoms with Gasteiger partial charge < -0.3 is 19.7 Å². The molecule has 0 spiro atoms. The van der Waals surface area contributed by atoms with Gasteiger partial charge in [-0.15, -0.1) is 0 Å². The first kappa shape index (κ1) is 38.8. The Labute approximate surface area is 365 Å². The maximum atomic E-state index is 15.9. The number of hydrogen-bond donors (Lipinski definition) is 2. The van der Waals surface area contributed by atoms with E-state index >= 15 is 17.6 Å². The van der Waals surface area contributed by atoms with Crippen LogP contribution in [-0.4, -0.2) is 10.2 Å². The maximum absolute atomic E-state index is 15.9. The first-order valence-corrected chi connectivity index (χ1v) is 20.6. The Morgan fingerprint density at radius 3 is 0.797 bits per heavy atom. The predicted molar refractivity (Wildman–Crippen MR) is 237 cm³/mol. The summed E-state index contributed by atoms with van der Waals surface area (Å²) >= 11 is 0. The van der Waals surface area contributed by atoms with E-state index in [9.17, 15) is 10.2 Å². The standard InChI is InChI=1S/C56H34F4O4/c57-49-51(59)54(64-40-31-23-36(24-32-40)56(34-19-27-38(62)28-20-34)47-15-7-3-11-43(47)44-12-4-8-16-48(44)56)52(60)50(58)53(49)63-39-29-21-35(22-30-39)55(33-17-25-37(61)26-18-33)45-13-5-1-9-41(45)42-10-2-6-14-46(42)55/h1-32,61-62H. The van der Waals surface area contributed by atoms with Gasteiger partial charge in [0.25, 0.3) is 0 Å². The molecule has 0 saturated carbocycles. The average molecular weight is 847 g/mol. The van der Waals surface area contributed by atoms with E-state index in [0.717, 1.165) is 66.8 Å². The van der Waals surface area contributed by atoms with Crippen molar-refractivity contribution in [2.24, 2.45) is 0 Å². The van der Waals surface area contributed by atoms with Crippen molar-refractivity contribution in [1.82, 2.24) is 0 Å². The monoisotopic (exact) mass is 846 g/mol. The fraction of sp³-hybridized carbons (Fsp3) is 0.0357. The highest BCUT2D eigenvalue weighted by molar-refractivity contribution is 5.87. The van der Waals surface area contributed by atoms with Gasteiger partial charge in [-0.1, -0.05) is 146 Å². The molecule has 0 heterocycles. The molecule has 0 fully saturated rings. The number of benzene rings is 9. The fourth-order valence-electron chi connectivity index (χ4n) is 10.0. The summed E-state index contributed by atoms with van der Waals surface area (Å²) in [5.41, 5.74) is 9.72. The molecule has 2 aliphatic rings. The second kappa shape index (κ2) is 14.8. The molecule has 4 nitrogen and oxygen atoms in total. The summed E-state index contributed by atoms with van der Waals surface area (Å²) in [4.78, 5) is 0. The molecule has 0 unspecified atom stereocenters. The first-order chi connectivity index (χ1) is 31.2. The van der Waals surface area contributed by atoms with Crippen LogP contribution in [0.5, 0.6) is 34.5 Å². The van der Waals surface area contributed by atoms with E-state index in [1.165, 1.54) is 24.3 Å². The number of rotatable bonds is 8. The quantitative estimate of drug-likeness (QED) is 0.118. The van der Waals surface area contributed by atoms with Crippen molar-refractivity contribution in [2.45, 2.75) is 10.8 Å². The summed E-state index contributed by atoms with van der Waals surface area (Å²) in [5, 5.41) is 20.4. The van der Waals surface area contributed by atoms with Crippen molar-refractivity contribution in [2.75, 3.05) is 0 Å². The highest BCUT2D eigenvalue weighted by Gasteiger charge is 2.47. The van der Waals surface area contributed by atoms with Crippen molar-refractivity contribution in [3.05, 3.63) is 262 Å². The first-order valence-electron chi connectivity index (χ1n) is 20.6. The molecule has 0 aromatic heterocycles. The third-order valence-corrected chi connectivity index (χ3v) is 12.7. The predicted octanol–water partition coefficient (Wildman–Crippen LogP) is 14.0. The van der Waals surface area contributed by atoms with E-state index in [1.807, 2.05) is 97.1 Å². The lowest BCUT2D eigenvalue weighted by atomic mass is 9.68. The summed E-state index contributed by atoms with van der Waals surface area (Å²) in [6.07, 6.45) is 0. The number of fused-ring (bicyclic) bond motifs is 6. The zero-order valence-corrected chi connectivity index (χ0v) is 33.7. The molecule has 64 heavy (non-hydrogen) atoms.